The summed E-state index contributed by atoms with van der Waals surface area (Å²) in [6.45, 7) is 1.70. The maximum Gasteiger partial charge on any atom is 0.233 e. The van der Waals surface area contributed by atoms with E-state index >= 15 is 0 Å². The van der Waals surface area contributed by atoms with E-state index in [4.69, 9.17) is 23.2 Å². The van der Waals surface area contributed by atoms with Crippen LogP contribution in [0.25, 0.3) is 0 Å². The summed E-state index contributed by atoms with van der Waals surface area (Å²) in [5, 5.41) is 0.163. The number of nitrogens with one attached hydrogen (secondary N) is 2. The molecule has 0 saturated heterocycles. The predicted molar refractivity (Wildman–Crippen MR) is 87.2 cm³/mol. The largest absolute Gasteiger partial charge is 0.284 e. The monoisotopic (exact) mass is 374 g/mol. The van der Waals surface area contributed by atoms with Crippen molar-refractivity contribution in [2.75, 3.05) is 27.3 Å². The smallest absolute Gasteiger partial charge is 0.233 e. The van der Waals surface area contributed by atoms with Crippen molar-refractivity contribution in [3.63, 3.8) is 0 Å². The molecule has 0 aromatic heterocycles. The van der Waals surface area contributed by atoms with Gasteiger partial charge in [-0.2, -0.15) is 0 Å². The van der Waals surface area contributed by atoms with E-state index in [9.17, 15) is 16.8 Å². The van der Waals surface area contributed by atoms with Crippen LogP contribution in [-0.2, 0) is 20.0 Å². The van der Waals surface area contributed by atoms with Crippen LogP contribution < -0.4 is 9.44 Å². The molecule has 0 fully saturated rings. The maximum absolute atomic E-state index is 12.0. The molecule has 1 aromatic carbocycles. The second kappa shape index (κ2) is 7.04. The number of halogens is 2. The molecule has 0 bridgehead atoms. The minimum atomic E-state index is -3.63. The van der Waals surface area contributed by atoms with E-state index in [2.05, 4.69) is 9.44 Å². The Hall–Kier alpha value is -0.700. The van der Waals surface area contributed by atoms with Crippen LogP contribution in [0.1, 0.15) is 6.92 Å². The predicted octanol–water partition coefficient (Wildman–Crippen LogP) is 2.33. The molecule has 120 valence electrons. The highest BCUT2D eigenvalue weighted by atomic mass is 35.5. The Kier molecular flexibility index (Phi) is 6.15. The number of benzene rings is 1. The van der Waals surface area contributed by atoms with Crippen molar-refractivity contribution < 1.29 is 16.8 Å². The van der Waals surface area contributed by atoms with Crippen molar-refractivity contribution in [1.29, 1.82) is 0 Å². The Labute approximate surface area is 134 Å². The zero-order chi connectivity index (χ0) is 16.3. The Balaban J connectivity index is 3.00. The summed E-state index contributed by atoms with van der Waals surface area (Å²) in [6, 6.07) is 4.15. The van der Waals surface area contributed by atoms with Gasteiger partial charge >= 0.3 is 0 Å². The van der Waals surface area contributed by atoms with Crippen molar-refractivity contribution >= 4 is 54.6 Å². The van der Waals surface area contributed by atoms with Gasteiger partial charge in [0.2, 0.25) is 20.0 Å². The molecule has 10 heteroatoms. The summed E-state index contributed by atoms with van der Waals surface area (Å²) in [5.74, 6) is -0.166. The molecule has 0 heterocycles. The molecule has 0 amide bonds. The molecule has 21 heavy (non-hydrogen) atoms. The first-order valence-corrected chi connectivity index (χ1v) is 10.3. The Bertz CT molecular complexity index is 705. The number of alkyl halides is 1. The van der Waals surface area contributed by atoms with Gasteiger partial charge in [-0.05, 0) is 24.1 Å². The molecule has 1 atom stereocenters. The van der Waals surface area contributed by atoms with Crippen molar-refractivity contribution in [3.8, 4) is 0 Å². The fourth-order valence-corrected chi connectivity index (χ4v) is 3.98. The SMILES string of the molecule is CC(CCl)CS(=O)(=O)Nc1cc(NS(C)(=O)=O)ccc1Cl. The van der Waals surface area contributed by atoms with Crippen molar-refractivity contribution in [2.45, 2.75) is 6.92 Å². The van der Waals surface area contributed by atoms with Crippen molar-refractivity contribution in [3.05, 3.63) is 23.2 Å². The Morgan fingerprint density at radius 1 is 1.19 bits per heavy atom. The number of anilines is 2. The van der Waals surface area contributed by atoms with E-state index in [0.29, 0.717) is 0 Å². The summed E-state index contributed by atoms with van der Waals surface area (Å²) in [6.07, 6.45) is 0.994. The van der Waals surface area contributed by atoms with Crippen LogP contribution in [0.15, 0.2) is 18.2 Å². The second-order valence-corrected chi connectivity index (χ2v) is 8.94. The topological polar surface area (TPSA) is 92.3 Å². The molecule has 0 radical (unpaired) electrons. The van der Waals surface area contributed by atoms with Crippen molar-refractivity contribution in [1.82, 2.24) is 0 Å². The van der Waals surface area contributed by atoms with Gasteiger partial charge in [-0.3, -0.25) is 9.44 Å². The van der Waals surface area contributed by atoms with Gasteiger partial charge in [0.25, 0.3) is 0 Å². The highest BCUT2D eigenvalue weighted by Gasteiger charge is 2.17. The van der Waals surface area contributed by atoms with Gasteiger partial charge in [-0.15, -0.1) is 11.6 Å². The van der Waals surface area contributed by atoms with Gasteiger partial charge in [-0.1, -0.05) is 18.5 Å². The van der Waals surface area contributed by atoms with E-state index in [0.717, 1.165) is 6.26 Å². The van der Waals surface area contributed by atoms with Gasteiger partial charge < -0.3 is 0 Å². The summed E-state index contributed by atoms with van der Waals surface area (Å²) in [4.78, 5) is 0. The third-order valence-corrected chi connectivity index (χ3v) is 5.30. The first kappa shape index (κ1) is 18.3. The minimum Gasteiger partial charge on any atom is -0.284 e. The van der Waals surface area contributed by atoms with Gasteiger partial charge in [0.05, 0.1) is 28.4 Å². The van der Waals surface area contributed by atoms with Gasteiger partial charge in [0.15, 0.2) is 0 Å². The number of sulfonamides is 2. The number of rotatable bonds is 7. The molecule has 1 rings (SSSR count). The molecular formula is C11H16Cl2N2O4S2. The lowest BCUT2D eigenvalue weighted by atomic mass is 10.3. The average Bonchev–Trinajstić information content (AvgIpc) is 2.30. The third-order valence-electron chi connectivity index (χ3n) is 2.30. The summed E-state index contributed by atoms with van der Waals surface area (Å²) in [7, 11) is -7.09. The molecule has 0 aliphatic heterocycles. The highest BCUT2D eigenvalue weighted by molar-refractivity contribution is 7.92. The van der Waals surface area contributed by atoms with Crippen LogP contribution >= 0.6 is 23.2 Å². The summed E-state index contributed by atoms with van der Waals surface area (Å²) in [5.41, 5.74) is 0.317. The quantitative estimate of drug-likeness (QED) is 0.716. The molecule has 2 N–H and O–H groups in total. The molecule has 0 aliphatic rings. The third kappa shape index (κ3) is 6.73. The minimum absolute atomic E-state index is 0.104. The lowest BCUT2D eigenvalue weighted by molar-refractivity contribution is 0.588. The van der Waals surface area contributed by atoms with Crippen LogP contribution in [-0.4, -0.2) is 34.7 Å². The highest BCUT2D eigenvalue weighted by Crippen LogP contribution is 2.27. The number of hydrogen-bond donors (Lipinski definition) is 2. The van der Waals surface area contributed by atoms with Crippen LogP contribution in [0.2, 0.25) is 5.02 Å². The van der Waals surface area contributed by atoms with E-state index < -0.39 is 20.0 Å². The maximum atomic E-state index is 12.0. The molecule has 1 aromatic rings. The molecule has 0 aliphatic carbocycles. The lowest BCUT2D eigenvalue weighted by Crippen LogP contribution is -2.22. The first-order chi connectivity index (χ1) is 9.52. The molecule has 0 spiro atoms. The average molecular weight is 375 g/mol. The molecule has 6 nitrogen and oxygen atoms in total. The number of hydrogen-bond acceptors (Lipinski definition) is 4. The van der Waals surface area contributed by atoms with Crippen molar-refractivity contribution in [2.24, 2.45) is 5.92 Å². The summed E-state index contributed by atoms with van der Waals surface area (Å²) >= 11 is 11.5. The summed E-state index contributed by atoms with van der Waals surface area (Å²) < 4.78 is 50.8. The fraction of sp³-hybridized carbons (Fsp3) is 0.455. The molecule has 1 unspecified atom stereocenters. The van der Waals surface area contributed by atoms with Crippen LogP contribution in [0.3, 0.4) is 0 Å². The van der Waals surface area contributed by atoms with Crippen LogP contribution in [0, 0.1) is 5.92 Å². The zero-order valence-corrected chi connectivity index (χ0v) is 14.6. The lowest BCUT2D eigenvalue weighted by Gasteiger charge is -2.13. The standard InChI is InChI=1S/C11H16Cl2N2O4S2/c1-8(6-12)7-21(18,19)15-11-5-9(3-4-10(11)13)14-20(2,16)17/h3-5,8,14-15H,6-7H2,1-2H3. The Morgan fingerprint density at radius 3 is 2.33 bits per heavy atom. The van der Waals surface area contributed by atoms with Gasteiger partial charge in [0.1, 0.15) is 0 Å². The normalized spacial score (nSPS) is 13.7. The molecular weight excluding hydrogens is 359 g/mol. The van der Waals surface area contributed by atoms with Crippen LogP contribution in [0.5, 0.6) is 0 Å². The molecule has 0 saturated carbocycles. The fourth-order valence-electron chi connectivity index (χ4n) is 1.51. The van der Waals surface area contributed by atoms with E-state index in [1.54, 1.807) is 6.92 Å². The van der Waals surface area contributed by atoms with E-state index in [-0.39, 0.29) is 33.9 Å². The second-order valence-electron chi connectivity index (χ2n) is 4.71. The van der Waals surface area contributed by atoms with E-state index in [1.165, 1.54) is 18.2 Å². The van der Waals surface area contributed by atoms with E-state index in [1.807, 2.05) is 0 Å². The van der Waals surface area contributed by atoms with Gasteiger partial charge in [0, 0.05) is 5.88 Å². The van der Waals surface area contributed by atoms with Crippen LogP contribution in [0.4, 0.5) is 11.4 Å². The first-order valence-electron chi connectivity index (χ1n) is 5.86. The van der Waals surface area contributed by atoms with Gasteiger partial charge in [-0.25, -0.2) is 16.8 Å². The Morgan fingerprint density at radius 2 is 1.81 bits per heavy atom. The zero-order valence-electron chi connectivity index (χ0n) is 11.4.